The van der Waals surface area contributed by atoms with Crippen LogP contribution in [0.3, 0.4) is 0 Å². The maximum Gasteiger partial charge on any atom is 0.162 e. The first-order valence-electron chi connectivity index (χ1n) is 7.69. The van der Waals surface area contributed by atoms with Gasteiger partial charge in [-0.3, -0.25) is 4.68 Å². The van der Waals surface area contributed by atoms with Gasteiger partial charge in [0.2, 0.25) is 0 Å². The first-order chi connectivity index (χ1) is 9.64. The number of hydrogen-bond acceptors (Lipinski definition) is 4. The minimum Gasteiger partial charge on any atom is -0.493 e. The van der Waals surface area contributed by atoms with Gasteiger partial charge in [0.05, 0.1) is 13.3 Å². The lowest BCUT2D eigenvalue weighted by Crippen LogP contribution is -2.44. The van der Waals surface area contributed by atoms with E-state index in [-0.39, 0.29) is 0 Å². The number of aryl methyl sites for hydroxylation is 1. The number of aromatic nitrogens is 2. The van der Waals surface area contributed by atoms with E-state index in [0.29, 0.717) is 5.75 Å². The van der Waals surface area contributed by atoms with E-state index in [0.717, 1.165) is 57.6 Å². The average Bonchev–Trinajstić information content (AvgIpc) is 2.86. The SMILES string of the molecule is CCCN1CCC(O)(c2c(OC)cnn2CCC)CC1. The van der Waals surface area contributed by atoms with E-state index in [1.807, 2.05) is 4.68 Å². The molecule has 2 rings (SSSR count). The number of ether oxygens (including phenoxy) is 1. The van der Waals surface area contributed by atoms with E-state index in [1.165, 1.54) is 0 Å². The van der Waals surface area contributed by atoms with Gasteiger partial charge in [-0.25, -0.2) is 0 Å². The third kappa shape index (κ3) is 2.99. The maximum absolute atomic E-state index is 11.1. The Kier molecular flexibility index (Phi) is 5.05. The highest BCUT2D eigenvalue weighted by atomic mass is 16.5. The zero-order valence-corrected chi connectivity index (χ0v) is 12.9. The van der Waals surface area contributed by atoms with Crippen LogP contribution in [0.2, 0.25) is 0 Å². The predicted molar refractivity (Wildman–Crippen MR) is 78.9 cm³/mol. The van der Waals surface area contributed by atoms with E-state index in [1.54, 1.807) is 13.3 Å². The zero-order valence-electron chi connectivity index (χ0n) is 12.9. The average molecular weight is 281 g/mol. The van der Waals surface area contributed by atoms with Crippen LogP contribution >= 0.6 is 0 Å². The van der Waals surface area contributed by atoms with Crippen LogP contribution in [0.15, 0.2) is 6.20 Å². The molecule has 114 valence electrons. The van der Waals surface area contributed by atoms with Gasteiger partial charge in [0.1, 0.15) is 11.3 Å². The number of hydrogen-bond donors (Lipinski definition) is 1. The molecule has 0 spiro atoms. The van der Waals surface area contributed by atoms with Crippen LogP contribution < -0.4 is 4.74 Å². The molecule has 0 saturated carbocycles. The molecule has 0 radical (unpaired) electrons. The fourth-order valence-electron chi connectivity index (χ4n) is 3.07. The molecule has 1 aliphatic rings. The summed E-state index contributed by atoms with van der Waals surface area (Å²) in [7, 11) is 1.65. The van der Waals surface area contributed by atoms with E-state index in [9.17, 15) is 5.11 Å². The fourth-order valence-corrected chi connectivity index (χ4v) is 3.07. The van der Waals surface area contributed by atoms with Gasteiger partial charge >= 0.3 is 0 Å². The molecular formula is C15H27N3O2. The normalized spacial score (nSPS) is 19.2. The van der Waals surface area contributed by atoms with Gasteiger partial charge in [-0.15, -0.1) is 0 Å². The molecule has 20 heavy (non-hydrogen) atoms. The van der Waals surface area contributed by atoms with Gasteiger partial charge in [0.15, 0.2) is 5.75 Å². The molecule has 1 N–H and O–H groups in total. The second-order valence-electron chi connectivity index (χ2n) is 5.66. The van der Waals surface area contributed by atoms with Crippen molar-refractivity contribution in [1.82, 2.24) is 14.7 Å². The molecule has 0 unspecified atom stereocenters. The second kappa shape index (κ2) is 6.59. The highest BCUT2D eigenvalue weighted by Crippen LogP contribution is 2.38. The molecule has 5 nitrogen and oxygen atoms in total. The molecule has 2 heterocycles. The van der Waals surface area contributed by atoms with Crippen molar-refractivity contribution in [1.29, 1.82) is 0 Å². The van der Waals surface area contributed by atoms with Crippen LogP contribution in [0.5, 0.6) is 5.75 Å². The third-order valence-electron chi connectivity index (χ3n) is 4.13. The summed E-state index contributed by atoms with van der Waals surface area (Å²) in [4.78, 5) is 2.42. The molecule has 0 aromatic carbocycles. The Bertz CT molecular complexity index is 423. The summed E-state index contributed by atoms with van der Waals surface area (Å²) >= 11 is 0. The van der Waals surface area contributed by atoms with E-state index < -0.39 is 5.60 Å². The number of piperidine rings is 1. The molecule has 1 aromatic rings. The minimum atomic E-state index is -0.804. The first kappa shape index (κ1) is 15.3. The van der Waals surface area contributed by atoms with Crippen molar-refractivity contribution in [3.05, 3.63) is 11.9 Å². The molecule has 0 atom stereocenters. The van der Waals surface area contributed by atoms with Crippen molar-refractivity contribution in [2.45, 2.75) is 51.7 Å². The largest absolute Gasteiger partial charge is 0.493 e. The second-order valence-corrected chi connectivity index (χ2v) is 5.66. The quantitative estimate of drug-likeness (QED) is 0.866. The van der Waals surface area contributed by atoms with Crippen LogP contribution in [0, 0.1) is 0 Å². The Balaban J connectivity index is 2.19. The number of methoxy groups -OCH3 is 1. The van der Waals surface area contributed by atoms with Crippen molar-refractivity contribution in [2.75, 3.05) is 26.7 Å². The van der Waals surface area contributed by atoms with Crippen LogP contribution in [0.1, 0.15) is 45.2 Å². The highest BCUT2D eigenvalue weighted by Gasteiger charge is 2.39. The fraction of sp³-hybridized carbons (Fsp3) is 0.800. The standard InChI is InChI=1S/C15H27N3O2/c1-4-8-17-10-6-15(19,7-11-17)14-13(20-3)12-16-18(14)9-5-2/h12,19H,4-11H2,1-3H3. The van der Waals surface area contributed by atoms with Gasteiger partial charge in [0.25, 0.3) is 0 Å². The Labute approximate surface area is 121 Å². The summed E-state index contributed by atoms with van der Waals surface area (Å²) < 4.78 is 7.32. The highest BCUT2D eigenvalue weighted by molar-refractivity contribution is 5.31. The van der Waals surface area contributed by atoms with Gasteiger partial charge in [-0.2, -0.15) is 5.10 Å². The Hall–Kier alpha value is -1.07. The van der Waals surface area contributed by atoms with Crippen molar-refractivity contribution in [3.8, 4) is 5.75 Å². The van der Waals surface area contributed by atoms with Crippen LogP contribution in [-0.2, 0) is 12.1 Å². The lowest BCUT2D eigenvalue weighted by Gasteiger charge is -2.38. The van der Waals surface area contributed by atoms with E-state index in [4.69, 9.17) is 4.74 Å². The summed E-state index contributed by atoms with van der Waals surface area (Å²) in [6.07, 6.45) is 5.38. The zero-order chi connectivity index (χ0) is 14.6. The Morgan fingerprint density at radius 3 is 2.45 bits per heavy atom. The molecule has 0 aliphatic carbocycles. The summed E-state index contributed by atoms with van der Waals surface area (Å²) in [5.74, 6) is 0.713. The van der Waals surface area contributed by atoms with Gasteiger partial charge < -0.3 is 14.7 Å². The molecule has 0 bridgehead atoms. The van der Waals surface area contributed by atoms with Crippen molar-refractivity contribution in [3.63, 3.8) is 0 Å². The Morgan fingerprint density at radius 2 is 1.90 bits per heavy atom. The van der Waals surface area contributed by atoms with Crippen LogP contribution in [0.25, 0.3) is 0 Å². The number of aliphatic hydroxyl groups is 1. The van der Waals surface area contributed by atoms with Gasteiger partial charge in [0, 0.05) is 19.6 Å². The molecule has 1 aromatic heterocycles. The molecule has 0 amide bonds. The number of likely N-dealkylation sites (tertiary alicyclic amines) is 1. The van der Waals surface area contributed by atoms with Crippen molar-refractivity contribution < 1.29 is 9.84 Å². The monoisotopic (exact) mass is 281 g/mol. The molecular weight excluding hydrogens is 254 g/mol. The summed E-state index contributed by atoms with van der Waals surface area (Å²) in [6.45, 7) is 8.11. The molecule has 1 aliphatic heterocycles. The molecule has 5 heteroatoms. The maximum atomic E-state index is 11.1. The molecule has 1 fully saturated rings. The number of rotatable bonds is 6. The van der Waals surface area contributed by atoms with Gasteiger partial charge in [-0.1, -0.05) is 13.8 Å². The van der Waals surface area contributed by atoms with Crippen LogP contribution in [0.4, 0.5) is 0 Å². The van der Waals surface area contributed by atoms with E-state index >= 15 is 0 Å². The third-order valence-corrected chi connectivity index (χ3v) is 4.13. The predicted octanol–water partition coefficient (Wildman–Crippen LogP) is 2.00. The minimum absolute atomic E-state index is 0.713. The summed E-state index contributed by atoms with van der Waals surface area (Å²) in [5.41, 5.74) is 0.0549. The lowest BCUT2D eigenvalue weighted by atomic mass is 9.87. The van der Waals surface area contributed by atoms with Gasteiger partial charge in [-0.05, 0) is 32.2 Å². The summed E-state index contributed by atoms with van der Waals surface area (Å²) in [6, 6.07) is 0. The van der Waals surface area contributed by atoms with Crippen molar-refractivity contribution in [2.24, 2.45) is 0 Å². The first-order valence-corrected chi connectivity index (χ1v) is 7.69. The summed E-state index contributed by atoms with van der Waals surface area (Å²) in [5, 5.41) is 15.4. The number of nitrogens with zero attached hydrogens (tertiary/aromatic N) is 3. The lowest BCUT2D eigenvalue weighted by molar-refractivity contribution is -0.0341. The Morgan fingerprint density at radius 1 is 1.25 bits per heavy atom. The smallest absolute Gasteiger partial charge is 0.162 e. The van der Waals surface area contributed by atoms with Crippen molar-refractivity contribution >= 4 is 0 Å². The van der Waals surface area contributed by atoms with Crippen LogP contribution in [-0.4, -0.2) is 46.5 Å². The topological polar surface area (TPSA) is 50.5 Å². The van der Waals surface area contributed by atoms with E-state index in [2.05, 4.69) is 23.8 Å². The molecule has 1 saturated heterocycles.